The van der Waals surface area contributed by atoms with Crippen LogP contribution in [0.25, 0.3) is 12.2 Å². The van der Waals surface area contributed by atoms with Crippen LogP contribution in [0.1, 0.15) is 53.7 Å². The topological polar surface area (TPSA) is 46.5 Å². The lowest BCUT2D eigenvalue weighted by Gasteiger charge is -2.30. The Hall–Kier alpha value is -2.04. The lowest BCUT2D eigenvalue weighted by Crippen LogP contribution is -2.28. The second-order valence-electron chi connectivity index (χ2n) is 7.17. The molecule has 4 heteroatoms. The van der Waals surface area contributed by atoms with Crippen molar-refractivity contribution in [2.24, 2.45) is 0 Å². The second-order valence-corrected chi connectivity index (χ2v) is 8.30. The highest BCUT2D eigenvalue weighted by molar-refractivity contribution is 7.99. The highest BCUT2D eigenvalue weighted by atomic mass is 32.2. The van der Waals surface area contributed by atoms with Crippen LogP contribution < -0.4 is 0 Å². The van der Waals surface area contributed by atoms with E-state index < -0.39 is 5.97 Å². The summed E-state index contributed by atoms with van der Waals surface area (Å²) in [6.07, 6.45) is 6.46. The summed E-state index contributed by atoms with van der Waals surface area (Å²) in [5.41, 5.74) is 3.92. The Morgan fingerprint density at radius 3 is 2.59 bits per heavy atom. The fraction of sp³-hybridized carbons (Fsp3) is 0.348. The van der Waals surface area contributed by atoms with E-state index in [1.807, 2.05) is 36.9 Å². The summed E-state index contributed by atoms with van der Waals surface area (Å²) in [6.45, 7) is 5.88. The summed E-state index contributed by atoms with van der Waals surface area (Å²) in [5.74, 6) is 0.238. The number of fused-ring (bicyclic) bond motifs is 1. The molecule has 142 valence electrons. The van der Waals surface area contributed by atoms with Gasteiger partial charge in [-0.2, -0.15) is 0 Å². The SMILES string of the molecule is CCOCC1(C)CCCSc2cc(C=Cc3ccc(C(=O)O)cc3)ccc21. The van der Waals surface area contributed by atoms with Crippen molar-refractivity contribution >= 4 is 29.9 Å². The zero-order chi connectivity index (χ0) is 19.3. The van der Waals surface area contributed by atoms with Gasteiger partial charge < -0.3 is 9.84 Å². The first-order valence-corrected chi connectivity index (χ1v) is 10.4. The van der Waals surface area contributed by atoms with Crippen molar-refractivity contribution in [3.63, 3.8) is 0 Å². The Kier molecular flexibility index (Phi) is 6.40. The molecule has 1 aliphatic heterocycles. The van der Waals surface area contributed by atoms with Crippen LogP contribution in [0.3, 0.4) is 0 Å². The molecule has 1 atom stereocenters. The van der Waals surface area contributed by atoms with Crippen LogP contribution >= 0.6 is 11.8 Å². The van der Waals surface area contributed by atoms with Crippen LogP contribution in [0.2, 0.25) is 0 Å². The average Bonchev–Trinajstić information content (AvgIpc) is 2.84. The Bertz CT molecular complexity index is 826. The summed E-state index contributed by atoms with van der Waals surface area (Å²) in [7, 11) is 0. The van der Waals surface area contributed by atoms with Gasteiger partial charge in [0, 0.05) is 16.9 Å². The summed E-state index contributed by atoms with van der Waals surface area (Å²) in [5, 5.41) is 8.99. The fourth-order valence-electron chi connectivity index (χ4n) is 3.45. The summed E-state index contributed by atoms with van der Waals surface area (Å²) < 4.78 is 5.79. The molecule has 0 saturated carbocycles. The molecular weight excluding hydrogens is 356 g/mol. The first kappa shape index (κ1) is 19.7. The molecule has 3 nitrogen and oxygen atoms in total. The molecule has 0 aliphatic carbocycles. The van der Waals surface area contributed by atoms with Gasteiger partial charge in [0.1, 0.15) is 0 Å². The van der Waals surface area contributed by atoms with Crippen LogP contribution in [0.5, 0.6) is 0 Å². The number of ether oxygens (including phenoxy) is 1. The third-order valence-electron chi connectivity index (χ3n) is 5.04. The molecule has 0 fully saturated rings. The van der Waals surface area contributed by atoms with E-state index in [1.54, 1.807) is 12.1 Å². The standard InChI is InChI=1S/C23H26O3S/c1-3-26-16-23(2)13-4-14-27-21-15-18(9-12-20(21)23)6-5-17-7-10-19(11-8-17)22(24)25/h5-12,15H,3-4,13-14,16H2,1-2H3,(H,24,25). The number of carboxylic acid groups (broad SMARTS) is 1. The van der Waals surface area contributed by atoms with Gasteiger partial charge in [0.2, 0.25) is 0 Å². The van der Waals surface area contributed by atoms with Gasteiger partial charge in [-0.25, -0.2) is 4.79 Å². The maximum atomic E-state index is 10.9. The lowest BCUT2D eigenvalue weighted by molar-refractivity contribution is 0.0697. The predicted octanol–water partition coefficient (Wildman–Crippen LogP) is 5.74. The first-order chi connectivity index (χ1) is 13.0. The van der Waals surface area contributed by atoms with E-state index in [4.69, 9.17) is 9.84 Å². The van der Waals surface area contributed by atoms with Gasteiger partial charge in [-0.3, -0.25) is 0 Å². The minimum atomic E-state index is -0.900. The van der Waals surface area contributed by atoms with Crippen LogP contribution in [0.4, 0.5) is 0 Å². The molecule has 1 unspecified atom stereocenters. The highest BCUT2D eigenvalue weighted by Gasteiger charge is 2.31. The maximum absolute atomic E-state index is 10.9. The Morgan fingerprint density at radius 2 is 1.89 bits per heavy atom. The number of rotatable bonds is 6. The molecule has 2 aromatic carbocycles. The molecule has 0 bridgehead atoms. The monoisotopic (exact) mass is 382 g/mol. The van der Waals surface area contributed by atoms with Crippen molar-refractivity contribution in [3.05, 3.63) is 64.7 Å². The van der Waals surface area contributed by atoms with Gasteiger partial charge >= 0.3 is 5.97 Å². The number of hydrogen-bond acceptors (Lipinski definition) is 3. The Labute approximate surface area is 165 Å². The highest BCUT2D eigenvalue weighted by Crippen LogP contribution is 2.41. The van der Waals surface area contributed by atoms with Crippen LogP contribution in [0, 0.1) is 0 Å². The van der Waals surface area contributed by atoms with E-state index >= 15 is 0 Å². The molecule has 2 aromatic rings. The van der Waals surface area contributed by atoms with E-state index in [1.165, 1.54) is 16.9 Å². The van der Waals surface area contributed by atoms with Gasteiger partial charge in [0.15, 0.2) is 0 Å². The van der Waals surface area contributed by atoms with Crippen LogP contribution in [0.15, 0.2) is 47.4 Å². The third-order valence-corrected chi connectivity index (χ3v) is 6.18. The minimum absolute atomic E-state index is 0.0732. The lowest BCUT2D eigenvalue weighted by atomic mass is 9.79. The van der Waals surface area contributed by atoms with Gasteiger partial charge in [0.25, 0.3) is 0 Å². The minimum Gasteiger partial charge on any atom is -0.478 e. The van der Waals surface area contributed by atoms with Gasteiger partial charge in [-0.1, -0.05) is 43.3 Å². The molecule has 0 spiro atoms. The Morgan fingerprint density at radius 1 is 1.19 bits per heavy atom. The predicted molar refractivity (Wildman–Crippen MR) is 113 cm³/mol. The van der Waals surface area contributed by atoms with E-state index in [0.717, 1.165) is 36.5 Å². The largest absolute Gasteiger partial charge is 0.478 e. The number of carboxylic acids is 1. The quantitative estimate of drug-likeness (QED) is 0.648. The molecule has 1 heterocycles. The number of thioether (sulfide) groups is 1. The number of benzene rings is 2. The summed E-state index contributed by atoms with van der Waals surface area (Å²) in [6, 6.07) is 13.6. The Balaban J connectivity index is 1.82. The van der Waals surface area contributed by atoms with Crippen molar-refractivity contribution in [2.45, 2.75) is 37.0 Å². The van der Waals surface area contributed by atoms with Crippen molar-refractivity contribution in [1.29, 1.82) is 0 Å². The van der Waals surface area contributed by atoms with Gasteiger partial charge in [-0.05, 0) is 60.4 Å². The van der Waals surface area contributed by atoms with Crippen molar-refractivity contribution in [3.8, 4) is 0 Å². The molecule has 0 aromatic heterocycles. The molecule has 0 radical (unpaired) electrons. The summed E-state index contributed by atoms with van der Waals surface area (Å²) in [4.78, 5) is 12.3. The second kappa shape index (κ2) is 8.77. The smallest absolute Gasteiger partial charge is 0.335 e. The van der Waals surface area contributed by atoms with Crippen molar-refractivity contribution in [2.75, 3.05) is 19.0 Å². The fourth-order valence-corrected chi connectivity index (χ4v) is 4.64. The molecule has 1 N–H and O–H groups in total. The third kappa shape index (κ3) is 4.82. The van der Waals surface area contributed by atoms with Crippen molar-refractivity contribution in [1.82, 2.24) is 0 Å². The van der Waals surface area contributed by atoms with Crippen molar-refractivity contribution < 1.29 is 14.6 Å². The van der Waals surface area contributed by atoms with E-state index in [9.17, 15) is 4.79 Å². The van der Waals surface area contributed by atoms with Crippen LogP contribution in [-0.2, 0) is 10.2 Å². The molecular formula is C23H26O3S. The maximum Gasteiger partial charge on any atom is 0.335 e. The molecule has 0 amide bonds. The molecule has 1 aliphatic rings. The zero-order valence-corrected chi connectivity index (χ0v) is 16.7. The summed E-state index contributed by atoms with van der Waals surface area (Å²) >= 11 is 1.93. The number of hydrogen-bond donors (Lipinski definition) is 1. The molecule has 27 heavy (non-hydrogen) atoms. The van der Waals surface area contributed by atoms with Crippen LogP contribution in [-0.4, -0.2) is 30.0 Å². The molecule has 0 saturated heterocycles. The molecule has 3 rings (SSSR count). The van der Waals surface area contributed by atoms with Gasteiger partial charge in [-0.15, -0.1) is 11.8 Å². The van der Waals surface area contributed by atoms with E-state index in [2.05, 4.69) is 31.2 Å². The average molecular weight is 383 g/mol. The number of carbonyl (C=O) groups is 1. The zero-order valence-electron chi connectivity index (χ0n) is 15.9. The first-order valence-electron chi connectivity index (χ1n) is 9.38. The van der Waals surface area contributed by atoms with E-state index in [-0.39, 0.29) is 5.41 Å². The number of aromatic carboxylic acids is 1. The van der Waals surface area contributed by atoms with E-state index in [0.29, 0.717) is 5.56 Å². The van der Waals surface area contributed by atoms with Gasteiger partial charge in [0.05, 0.1) is 12.2 Å². The normalized spacial score (nSPS) is 19.6.